The summed E-state index contributed by atoms with van der Waals surface area (Å²) in [5, 5.41) is 2.60. The minimum absolute atomic E-state index is 0.0552. The Kier molecular flexibility index (Phi) is 7.69. The Morgan fingerprint density at radius 3 is 2.34 bits per heavy atom. The first-order chi connectivity index (χ1) is 16.3. The molecule has 0 atom stereocenters. The SMILES string of the molecule is CC(C)N(Cc1cccc(OS(=O)(=O)c2cccc(C(F)(F)F)c2)c1)C(=O)Nc1cccc(F)c1. The van der Waals surface area contributed by atoms with Gasteiger partial charge in [0, 0.05) is 18.3 Å². The highest BCUT2D eigenvalue weighted by atomic mass is 32.2. The van der Waals surface area contributed by atoms with Crippen molar-refractivity contribution in [2.24, 2.45) is 0 Å². The summed E-state index contributed by atoms with van der Waals surface area (Å²) in [4.78, 5) is 13.5. The van der Waals surface area contributed by atoms with Gasteiger partial charge in [0.05, 0.1) is 5.56 Å². The van der Waals surface area contributed by atoms with Gasteiger partial charge in [-0.3, -0.25) is 0 Å². The van der Waals surface area contributed by atoms with E-state index in [4.69, 9.17) is 4.18 Å². The normalized spacial score (nSPS) is 11.9. The number of anilines is 1. The lowest BCUT2D eigenvalue weighted by Crippen LogP contribution is -2.39. The van der Waals surface area contributed by atoms with Crippen LogP contribution in [-0.4, -0.2) is 25.4 Å². The van der Waals surface area contributed by atoms with Crippen LogP contribution in [0.2, 0.25) is 0 Å². The summed E-state index contributed by atoms with van der Waals surface area (Å²) in [6.45, 7) is 3.59. The number of urea groups is 1. The molecule has 0 aliphatic rings. The molecule has 0 fully saturated rings. The third-order valence-electron chi connectivity index (χ3n) is 4.87. The summed E-state index contributed by atoms with van der Waals surface area (Å²) >= 11 is 0. The number of benzene rings is 3. The lowest BCUT2D eigenvalue weighted by molar-refractivity contribution is -0.137. The highest BCUT2D eigenvalue weighted by Crippen LogP contribution is 2.31. The van der Waals surface area contributed by atoms with E-state index in [1.165, 1.54) is 47.4 Å². The van der Waals surface area contributed by atoms with Gasteiger partial charge in [0.25, 0.3) is 0 Å². The number of nitrogens with one attached hydrogen (secondary N) is 1. The third-order valence-corrected chi connectivity index (χ3v) is 6.11. The van der Waals surface area contributed by atoms with E-state index in [-0.39, 0.29) is 24.0 Å². The Labute approximate surface area is 200 Å². The molecule has 1 N–H and O–H groups in total. The number of alkyl halides is 3. The molecule has 11 heteroatoms. The summed E-state index contributed by atoms with van der Waals surface area (Å²) in [5.41, 5.74) is -0.345. The van der Waals surface area contributed by atoms with E-state index in [0.29, 0.717) is 11.6 Å². The average Bonchev–Trinajstić information content (AvgIpc) is 2.77. The molecule has 0 aliphatic carbocycles. The molecule has 0 unspecified atom stereocenters. The molecule has 3 aromatic carbocycles. The van der Waals surface area contributed by atoms with E-state index < -0.39 is 38.6 Å². The topological polar surface area (TPSA) is 75.7 Å². The summed E-state index contributed by atoms with van der Waals surface area (Å²) in [5.74, 6) is -0.639. The molecule has 3 rings (SSSR count). The molecule has 3 aromatic rings. The Bertz CT molecular complexity index is 1310. The number of hydrogen-bond acceptors (Lipinski definition) is 4. The average molecular weight is 511 g/mol. The first-order valence-corrected chi connectivity index (χ1v) is 11.8. The monoisotopic (exact) mass is 510 g/mol. The highest BCUT2D eigenvalue weighted by Gasteiger charge is 2.32. The van der Waals surface area contributed by atoms with E-state index in [0.717, 1.165) is 18.2 Å². The number of amides is 2. The van der Waals surface area contributed by atoms with Crippen molar-refractivity contribution in [2.75, 3.05) is 5.32 Å². The van der Waals surface area contributed by atoms with Crippen LogP contribution in [-0.2, 0) is 22.8 Å². The molecule has 0 saturated heterocycles. The predicted molar refractivity (Wildman–Crippen MR) is 122 cm³/mol. The Morgan fingerprint density at radius 1 is 1.00 bits per heavy atom. The van der Waals surface area contributed by atoms with Gasteiger partial charge < -0.3 is 14.4 Å². The molecular weight excluding hydrogens is 488 g/mol. The molecule has 0 aliphatic heterocycles. The fourth-order valence-electron chi connectivity index (χ4n) is 3.15. The molecule has 0 saturated carbocycles. The number of carbonyl (C=O) groups excluding carboxylic acids is 1. The minimum Gasteiger partial charge on any atom is -0.379 e. The van der Waals surface area contributed by atoms with E-state index in [9.17, 15) is 30.8 Å². The number of rotatable bonds is 7. The zero-order valence-electron chi connectivity index (χ0n) is 18.7. The number of halogens is 4. The minimum atomic E-state index is -4.71. The van der Waals surface area contributed by atoms with Crippen LogP contribution in [0, 0.1) is 5.82 Å². The van der Waals surface area contributed by atoms with Crippen LogP contribution in [0.4, 0.5) is 28.0 Å². The van der Waals surface area contributed by atoms with E-state index in [1.807, 2.05) is 0 Å². The largest absolute Gasteiger partial charge is 0.416 e. The molecule has 0 spiro atoms. The Morgan fingerprint density at radius 2 is 1.69 bits per heavy atom. The zero-order chi connectivity index (χ0) is 25.8. The standard InChI is InChI=1S/C24H22F4N2O4S/c1-16(2)30(23(31)29-20-9-5-8-19(25)14-20)15-17-6-3-10-21(12-17)34-35(32,33)22-11-4-7-18(13-22)24(26,27)28/h3-14,16H,15H2,1-2H3,(H,29,31). The molecule has 6 nitrogen and oxygen atoms in total. The van der Waals surface area contributed by atoms with Gasteiger partial charge in [-0.1, -0.05) is 24.3 Å². The van der Waals surface area contributed by atoms with Crippen molar-refractivity contribution >= 4 is 21.8 Å². The number of carbonyl (C=O) groups is 1. The van der Waals surface area contributed by atoms with Crippen molar-refractivity contribution in [1.82, 2.24) is 4.90 Å². The maximum absolute atomic E-state index is 13.4. The second-order valence-corrected chi connectivity index (χ2v) is 9.42. The third kappa shape index (κ3) is 6.95. The van der Waals surface area contributed by atoms with Crippen molar-refractivity contribution < 1.29 is 35.0 Å². The van der Waals surface area contributed by atoms with Gasteiger partial charge in [-0.05, 0) is 67.9 Å². The number of nitrogens with zero attached hydrogens (tertiary/aromatic N) is 1. The first kappa shape index (κ1) is 26.0. The van der Waals surface area contributed by atoms with Gasteiger partial charge in [0.15, 0.2) is 0 Å². The van der Waals surface area contributed by atoms with Gasteiger partial charge in [-0.15, -0.1) is 0 Å². The van der Waals surface area contributed by atoms with Crippen LogP contribution in [0.25, 0.3) is 0 Å². The molecular formula is C24H22F4N2O4S. The van der Waals surface area contributed by atoms with Crippen LogP contribution in [0.3, 0.4) is 0 Å². The van der Waals surface area contributed by atoms with E-state index in [1.54, 1.807) is 19.9 Å². The van der Waals surface area contributed by atoms with Crippen molar-refractivity contribution in [2.45, 2.75) is 37.5 Å². The smallest absolute Gasteiger partial charge is 0.379 e. The number of hydrogen-bond donors (Lipinski definition) is 1. The lowest BCUT2D eigenvalue weighted by Gasteiger charge is -2.27. The molecule has 0 bridgehead atoms. The molecule has 0 radical (unpaired) electrons. The molecule has 2 amide bonds. The summed E-state index contributed by atoms with van der Waals surface area (Å²) in [6, 6.07) is 13.7. The molecule has 35 heavy (non-hydrogen) atoms. The molecule has 186 valence electrons. The van der Waals surface area contributed by atoms with Crippen LogP contribution >= 0.6 is 0 Å². The first-order valence-electron chi connectivity index (χ1n) is 10.4. The fourth-order valence-corrected chi connectivity index (χ4v) is 4.12. The maximum Gasteiger partial charge on any atom is 0.416 e. The van der Waals surface area contributed by atoms with E-state index in [2.05, 4.69) is 5.32 Å². The zero-order valence-corrected chi connectivity index (χ0v) is 19.5. The quantitative estimate of drug-likeness (QED) is 0.310. The van der Waals surface area contributed by atoms with Crippen LogP contribution in [0.5, 0.6) is 5.75 Å². The molecule has 0 aromatic heterocycles. The maximum atomic E-state index is 13.4. The van der Waals surface area contributed by atoms with Gasteiger partial charge in [0.2, 0.25) is 0 Å². The predicted octanol–water partition coefficient (Wildman–Crippen LogP) is 6.05. The Hall–Kier alpha value is -3.60. The van der Waals surface area contributed by atoms with Crippen LogP contribution < -0.4 is 9.50 Å². The molecule has 0 heterocycles. The second-order valence-electron chi connectivity index (χ2n) is 7.87. The van der Waals surface area contributed by atoms with E-state index >= 15 is 0 Å². The van der Waals surface area contributed by atoms with Crippen LogP contribution in [0.1, 0.15) is 25.0 Å². The summed E-state index contributed by atoms with van der Waals surface area (Å²) in [6.07, 6.45) is -4.71. The second kappa shape index (κ2) is 10.3. The summed E-state index contributed by atoms with van der Waals surface area (Å²) < 4.78 is 82.5. The van der Waals surface area contributed by atoms with Gasteiger partial charge >= 0.3 is 22.3 Å². The van der Waals surface area contributed by atoms with Gasteiger partial charge in [-0.25, -0.2) is 9.18 Å². The summed E-state index contributed by atoms with van der Waals surface area (Å²) in [7, 11) is -4.55. The van der Waals surface area contributed by atoms with Crippen molar-refractivity contribution in [3.63, 3.8) is 0 Å². The van der Waals surface area contributed by atoms with Crippen molar-refractivity contribution in [1.29, 1.82) is 0 Å². The highest BCUT2D eigenvalue weighted by molar-refractivity contribution is 7.87. The Balaban J connectivity index is 1.78. The lowest BCUT2D eigenvalue weighted by atomic mass is 10.2. The van der Waals surface area contributed by atoms with Crippen molar-refractivity contribution in [3.05, 3.63) is 89.7 Å². The van der Waals surface area contributed by atoms with Crippen LogP contribution in [0.15, 0.2) is 77.7 Å². The van der Waals surface area contributed by atoms with Gasteiger partial charge in [-0.2, -0.15) is 21.6 Å². The van der Waals surface area contributed by atoms with Crippen molar-refractivity contribution in [3.8, 4) is 5.75 Å². The van der Waals surface area contributed by atoms with Gasteiger partial charge in [0.1, 0.15) is 16.5 Å². The fraction of sp³-hybridized carbons (Fsp3) is 0.208.